The third kappa shape index (κ3) is 3.23. The summed E-state index contributed by atoms with van der Waals surface area (Å²) < 4.78 is 0. The second-order valence-corrected chi connectivity index (χ2v) is 3.73. The molecule has 1 aliphatic rings. The van der Waals surface area contributed by atoms with Gasteiger partial charge in [-0.1, -0.05) is 26.2 Å². The van der Waals surface area contributed by atoms with E-state index in [1.807, 2.05) is 0 Å². The van der Waals surface area contributed by atoms with E-state index in [4.69, 9.17) is 5.11 Å². The van der Waals surface area contributed by atoms with Gasteiger partial charge in [-0.15, -0.1) is 0 Å². The molecule has 0 aromatic carbocycles. The number of aliphatic hydroxyl groups excluding tert-OH is 1. The van der Waals surface area contributed by atoms with Crippen molar-refractivity contribution in [3.8, 4) is 0 Å². The van der Waals surface area contributed by atoms with Crippen molar-refractivity contribution >= 4 is 0 Å². The van der Waals surface area contributed by atoms with Gasteiger partial charge in [0, 0.05) is 6.42 Å². The maximum Gasteiger partial charge on any atom is 0.111 e. The van der Waals surface area contributed by atoms with Crippen LogP contribution in [0.25, 0.3) is 0 Å². The Labute approximate surface area is 79.6 Å². The van der Waals surface area contributed by atoms with Crippen LogP contribution in [0.3, 0.4) is 0 Å². The molecule has 0 heterocycles. The van der Waals surface area contributed by atoms with Gasteiger partial charge in [-0.05, 0) is 24.6 Å². The molecule has 1 aliphatic carbocycles. The first-order valence-corrected chi connectivity index (χ1v) is 4.97. The van der Waals surface area contributed by atoms with Gasteiger partial charge in [-0.3, -0.25) is 0 Å². The van der Waals surface area contributed by atoms with Crippen LogP contribution in [0, 0.1) is 0 Å². The van der Waals surface area contributed by atoms with Gasteiger partial charge in [0.05, 0.1) is 5.60 Å². The van der Waals surface area contributed by atoms with Gasteiger partial charge in [-0.25, -0.2) is 0 Å². The van der Waals surface area contributed by atoms with Gasteiger partial charge in [0.2, 0.25) is 0 Å². The van der Waals surface area contributed by atoms with Crippen LogP contribution in [0.15, 0.2) is 24.0 Å². The quantitative estimate of drug-likeness (QED) is 0.656. The van der Waals surface area contributed by atoms with Gasteiger partial charge < -0.3 is 10.2 Å². The zero-order chi connectivity index (χ0) is 9.73. The fraction of sp³-hybridized carbons (Fsp3) is 0.636. The molecule has 1 unspecified atom stereocenters. The van der Waals surface area contributed by atoms with E-state index >= 15 is 0 Å². The topological polar surface area (TPSA) is 40.5 Å². The van der Waals surface area contributed by atoms with Gasteiger partial charge in [0.15, 0.2) is 0 Å². The summed E-state index contributed by atoms with van der Waals surface area (Å²) in [7, 11) is 0. The Balaban J connectivity index is 2.37. The van der Waals surface area contributed by atoms with Crippen LogP contribution >= 0.6 is 0 Å². The van der Waals surface area contributed by atoms with Crippen LogP contribution in [0.2, 0.25) is 0 Å². The van der Waals surface area contributed by atoms with Crippen LogP contribution in [-0.2, 0) is 0 Å². The minimum Gasteiger partial charge on any atom is -0.508 e. The molecule has 0 aromatic heterocycles. The first-order valence-electron chi connectivity index (χ1n) is 4.97. The van der Waals surface area contributed by atoms with Crippen molar-refractivity contribution in [2.75, 3.05) is 0 Å². The Morgan fingerprint density at radius 1 is 1.46 bits per heavy atom. The highest BCUT2D eigenvalue weighted by Crippen LogP contribution is 2.25. The summed E-state index contributed by atoms with van der Waals surface area (Å²) in [5, 5.41) is 19.0. The van der Waals surface area contributed by atoms with Gasteiger partial charge in [0.1, 0.15) is 5.76 Å². The summed E-state index contributed by atoms with van der Waals surface area (Å²) in [4.78, 5) is 0. The lowest BCUT2D eigenvalue weighted by atomic mass is 9.89. The maximum absolute atomic E-state index is 9.97. The molecule has 1 atom stereocenters. The van der Waals surface area contributed by atoms with E-state index in [0.717, 1.165) is 19.3 Å². The van der Waals surface area contributed by atoms with E-state index in [-0.39, 0.29) is 5.76 Å². The SMILES string of the molecule is CCCCCC1(O)C=CC(O)=CC1. The Kier molecular flexibility index (Phi) is 3.55. The van der Waals surface area contributed by atoms with Crippen LogP contribution in [0.1, 0.15) is 39.0 Å². The van der Waals surface area contributed by atoms with Crippen molar-refractivity contribution in [1.82, 2.24) is 0 Å². The first kappa shape index (κ1) is 10.3. The van der Waals surface area contributed by atoms with Crippen molar-refractivity contribution in [1.29, 1.82) is 0 Å². The molecule has 0 aromatic rings. The third-order valence-electron chi connectivity index (χ3n) is 2.44. The zero-order valence-electron chi connectivity index (χ0n) is 8.16. The van der Waals surface area contributed by atoms with Crippen LogP contribution in [-0.4, -0.2) is 15.8 Å². The molecule has 0 bridgehead atoms. The fourth-order valence-electron chi connectivity index (χ4n) is 1.52. The van der Waals surface area contributed by atoms with Gasteiger partial charge >= 0.3 is 0 Å². The molecular formula is C11H18O2. The van der Waals surface area contributed by atoms with Crippen molar-refractivity contribution in [2.24, 2.45) is 0 Å². The van der Waals surface area contributed by atoms with E-state index in [1.165, 1.54) is 6.42 Å². The number of hydrogen-bond donors (Lipinski definition) is 2. The molecular weight excluding hydrogens is 164 g/mol. The largest absolute Gasteiger partial charge is 0.508 e. The van der Waals surface area contributed by atoms with Crippen molar-refractivity contribution in [2.45, 2.75) is 44.6 Å². The smallest absolute Gasteiger partial charge is 0.111 e. The summed E-state index contributed by atoms with van der Waals surface area (Å²) in [6.45, 7) is 2.15. The van der Waals surface area contributed by atoms with Crippen LogP contribution in [0.5, 0.6) is 0 Å². The summed E-state index contributed by atoms with van der Waals surface area (Å²) >= 11 is 0. The van der Waals surface area contributed by atoms with Crippen molar-refractivity contribution in [3.63, 3.8) is 0 Å². The monoisotopic (exact) mass is 182 g/mol. The van der Waals surface area contributed by atoms with Crippen LogP contribution < -0.4 is 0 Å². The minimum atomic E-state index is -0.707. The molecule has 2 heteroatoms. The average molecular weight is 182 g/mol. The highest BCUT2D eigenvalue weighted by Gasteiger charge is 2.23. The molecule has 0 fully saturated rings. The number of unbranched alkanes of at least 4 members (excludes halogenated alkanes) is 2. The van der Waals surface area contributed by atoms with Gasteiger partial charge in [0.25, 0.3) is 0 Å². The maximum atomic E-state index is 9.97. The Hall–Kier alpha value is -0.760. The normalized spacial score (nSPS) is 27.4. The predicted octanol–water partition coefficient (Wildman–Crippen LogP) is 2.70. The number of rotatable bonds is 4. The molecule has 1 rings (SSSR count). The van der Waals surface area contributed by atoms with Gasteiger partial charge in [-0.2, -0.15) is 0 Å². The summed E-state index contributed by atoms with van der Waals surface area (Å²) in [5.41, 5.74) is -0.707. The second kappa shape index (κ2) is 4.47. The lowest BCUT2D eigenvalue weighted by Crippen LogP contribution is -2.26. The zero-order valence-corrected chi connectivity index (χ0v) is 8.16. The highest BCUT2D eigenvalue weighted by atomic mass is 16.3. The summed E-state index contributed by atoms with van der Waals surface area (Å²) in [6.07, 6.45) is 9.66. The Morgan fingerprint density at radius 2 is 2.23 bits per heavy atom. The van der Waals surface area contributed by atoms with Crippen molar-refractivity contribution in [3.05, 3.63) is 24.0 Å². The van der Waals surface area contributed by atoms with E-state index < -0.39 is 5.60 Å². The average Bonchev–Trinajstić information content (AvgIpc) is 2.12. The Morgan fingerprint density at radius 3 is 2.77 bits per heavy atom. The molecule has 0 spiro atoms. The van der Waals surface area contributed by atoms with E-state index in [1.54, 1.807) is 18.2 Å². The molecule has 0 aliphatic heterocycles. The highest BCUT2D eigenvalue weighted by molar-refractivity contribution is 5.22. The summed E-state index contributed by atoms with van der Waals surface area (Å²) in [6, 6.07) is 0. The molecule has 0 amide bonds. The minimum absolute atomic E-state index is 0.264. The third-order valence-corrected chi connectivity index (χ3v) is 2.44. The van der Waals surface area contributed by atoms with E-state index in [9.17, 15) is 5.11 Å². The number of aliphatic hydroxyl groups is 2. The first-order chi connectivity index (χ1) is 6.16. The molecule has 13 heavy (non-hydrogen) atoms. The van der Waals surface area contributed by atoms with E-state index in [2.05, 4.69) is 6.92 Å². The number of hydrogen-bond acceptors (Lipinski definition) is 2. The molecule has 74 valence electrons. The Bertz CT molecular complexity index is 218. The predicted molar refractivity (Wildman–Crippen MR) is 53.6 cm³/mol. The number of allylic oxidation sites excluding steroid dienone is 1. The standard InChI is InChI=1S/C11H18O2/c1-2-3-4-7-11(13)8-5-10(12)6-9-11/h5-6,8,12-13H,2-4,7,9H2,1H3. The lowest BCUT2D eigenvalue weighted by Gasteiger charge is -2.25. The summed E-state index contributed by atoms with van der Waals surface area (Å²) in [5.74, 6) is 0.264. The van der Waals surface area contributed by atoms with Crippen LogP contribution in [0.4, 0.5) is 0 Å². The second-order valence-electron chi connectivity index (χ2n) is 3.73. The fourth-order valence-corrected chi connectivity index (χ4v) is 1.52. The molecule has 2 N–H and O–H groups in total. The molecule has 0 saturated carbocycles. The lowest BCUT2D eigenvalue weighted by molar-refractivity contribution is 0.0785. The van der Waals surface area contributed by atoms with E-state index in [0.29, 0.717) is 6.42 Å². The molecule has 0 saturated heterocycles. The van der Waals surface area contributed by atoms with Crippen molar-refractivity contribution < 1.29 is 10.2 Å². The molecule has 2 nitrogen and oxygen atoms in total. The molecule has 0 radical (unpaired) electrons.